The summed E-state index contributed by atoms with van der Waals surface area (Å²) < 4.78 is 18.7. The molecule has 1 aliphatic rings. The number of hydrogen-bond acceptors (Lipinski definition) is 5. The number of nitro benzene ring substituents is 1. The second kappa shape index (κ2) is 6.04. The van der Waals surface area contributed by atoms with Gasteiger partial charge in [0.1, 0.15) is 5.56 Å². The van der Waals surface area contributed by atoms with Gasteiger partial charge in [0.2, 0.25) is 0 Å². The highest BCUT2D eigenvalue weighted by molar-refractivity contribution is 5.99. The zero-order valence-corrected chi connectivity index (χ0v) is 11.5. The molecule has 0 bridgehead atoms. The Morgan fingerprint density at radius 3 is 2.90 bits per heavy atom. The third kappa shape index (κ3) is 3.46. The fraction of sp³-hybridized carbons (Fsp3) is 0.462. The normalized spacial score (nSPS) is 21.8. The van der Waals surface area contributed by atoms with Crippen molar-refractivity contribution < 1.29 is 18.8 Å². The minimum atomic E-state index is -0.919. The summed E-state index contributed by atoms with van der Waals surface area (Å²) >= 11 is 0. The van der Waals surface area contributed by atoms with Gasteiger partial charge in [-0.2, -0.15) is 0 Å². The van der Waals surface area contributed by atoms with Crippen LogP contribution in [0.3, 0.4) is 0 Å². The molecule has 2 atom stereocenters. The molecule has 1 heterocycles. The van der Waals surface area contributed by atoms with Crippen molar-refractivity contribution in [2.24, 2.45) is 0 Å². The molecule has 0 saturated carbocycles. The maximum Gasteiger partial charge on any atom is 0.285 e. The highest BCUT2D eigenvalue weighted by Gasteiger charge is 2.26. The van der Waals surface area contributed by atoms with Crippen LogP contribution in [0.25, 0.3) is 0 Å². The molecule has 1 aromatic carbocycles. The number of nitrogen functional groups attached to an aromatic ring is 1. The average molecular weight is 297 g/mol. The van der Waals surface area contributed by atoms with E-state index < -0.39 is 22.3 Å². The summed E-state index contributed by atoms with van der Waals surface area (Å²) in [6.07, 6.45) is 1.26. The number of anilines is 1. The molecule has 1 aliphatic heterocycles. The van der Waals surface area contributed by atoms with Crippen LogP contribution < -0.4 is 11.1 Å². The van der Waals surface area contributed by atoms with Crippen LogP contribution in [-0.2, 0) is 4.74 Å². The molecule has 1 saturated heterocycles. The van der Waals surface area contributed by atoms with Gasteiger partial charge in [0.15, 0.2) is 5.82 Å². The lowest BCUT2D eigenvalue weighted by molar-refractivity contribution is -0.385. The number of nitrogens with one attached hydrogen (secondary N) is 1. The molecule has 2 rings (SSSR count). The molecular weight excluding hydrogens is 281 g/mol. The topological polar surface area (TPSA) is 107 Å². The molecule has 1 aromatic rings. The summed E-state index contributed by atoms with van der Waals surface area (Å²) in [5.74, 6) is -1.55. The number of nitrogens with zero attached hydrogens (tertiary/aromatic N) is 1. The quantitative estimate of drug-likeness (QED) is 0.500. The van der Waals surface area contributed by atoms with Crippen LogP contribution in [0.4, 0.5) is 15.8 Å². The van der Waals surface area contributed by atoms with E-state index in [0.717, 1.165) is 6.07 Å². The standard InChI is InChI=1S/C13H16FN3O4/c1-7-4-8(2-3-21-7)16-13(18)9-5-11(15)10(14)6-12(9)17(19)20/h5-8H,2-4,15H2,1H3,(H,16,18). The Kier molecular flexibility index (Phi) is 4.37. The molecule has 8 heteroatoms. The average Bonchev–Trinajstić information content (AvgIpc) is 2.41. The lowest BCUT2D eigenvalue weighted by atomic mass is 10.0. The highest BCUT2D eigenvalue weighted by atomic mass is 19.1. The maximum absolute atomic E-state index is 13.3. The molecule has 1 fully saturated rings. The van der Waals surface area contributed by atoms with Crippen LogP contribution in [-0.4, -0.2) is 29.6 Å². The number of carbonyl (C=O) groups excluding carboxylic acids is 1. The van der Waals surface area contributed by atoms with Crippen molar-refractivity contribution in [2.75, 3.05) is 12.3 Å². The number of benzene rings is 1. The van der Waals surface area contributed by atoms with Gasteiger partial charge in [-0.15, -0.1) is 0 Å². The van der Waals surface area contributed by atoms with E-state index in [1.165, 1.54) is 0 Å². The van der Waals surface area contributed by atoms with Crippen molar-refractivity contribution in [3.63, 3.8) is 0 Å². The van der Waals surface area contributed by atoms with E-state index >= 15 is 0 Å². The van der Waals surface area contributed by atoms with Gasteiger partial charge in [-0.1, -0.05) is 0 Å². The summed E-state index contributed by atoms with van der Waals surface area (Å²) in [5, 5.41) is 13.6. The number of hydrogen-bond donors (Lipinski definition) is 2. The Hall–Kier alpha value is -2.22. The Balaban J connectivity index is 2.22. The monoisotopic (exact) mass is 297 g/mol. The van der Waals surface area contributed by atoms with Gasteiger partial charge in [-0.05, 0) is 25.8 Å². The SMILES string of the molecule is CC1CC(NC(=O)c2cc(N)c(F)cc2[N+](=O)[O-])CCO1. The van der Waals surface area contributed by atoms with Crippen molar-refractivity contribution in [3.05, 3.63) is 33.6 Å². The lowest BCUT2D eigenvalue weighted by Crippen LogP contribution is -2.41. The largest absolute Gasteiger partial charge is 0.396 e. The van der Waals surface area contributed by atoms with Gasteiger partial charge in [-0.3, -0.25) is 14.9 Å². The van der Waals surface area contributed by atoms with Crippen LogP contribution in [0.2, 0.25) is 0 Å². The summed E-state index contributed by atoms with van der Waals surface area (Å²) in [6, 6.07) is 1.52. The number of nitrogens with two attached hydrogens (primary N) is 1. The molecule has 0 aromatic heterocycles. The van der Waals surface area contributed by atoms with Crippen molar-refractivity contribution in [1.29, 1.82) is 0 Å². The Morgan fingerprint density at radius 1 is 1.57 bits per heavy atom. The van der Waals surface area contributed by atoms with Gasteiger partial charge in [0.05, 0.1) is 22.8 Å². The van der Waals surface area contributed by atoms with Crippen molar-refractivity contribution in [3.8, 4) is 0 Å². The Labute approximate surface area is 120 Å². The first-order chi connectivity index (χ1) is 9.88. The van der Waals surface area contributed by atoms with Gasteiger partial charge >= 0.3 is 0 Å². The second-order valence-electron chi connectivity index (χ2n) is 5.02. The van der Waals surface area contributed by atoms with Gasteiger partial charge < -0.3 is 15.8 Å². The predicted octanol–water partition coefficient (Wildman–Crippen LogP) is 1.61. The first kappa shape index (κ1) is 15.2. The molecule has 0 spiro atoms. The van der Waals surface area contributed by atoms with Gasteiger partial charge in [-0.25, -0.2) is 4.39 Å². The minimum absolute atomic E-state index is 0.0114. The molecule has 0 aliphatic carbocycles. The molecule has 3 N–H and O–H groups in total. The summed E-state index contributed by atoms with van der Waals surface area (Å²) in [5.41, 5.74) is 4.25. The van der Waals surface area contributed by atoms with Crippen molar-refractivity contribution in [2.45, 2.75) is 31.9 Å². The summed E-state index contributed by atoms with van der Waals surface area (Å²) in [7, 11) is 0. The van der Waals surface area contributed by atoms with Crippen LogP contribution in [0.1, 0.15) is 30.1 Å². The number of rotatable bonds is 3. The fourth-order valence-corrected chi connectivity index (χ4v) is 2.30. The minimum Gasteiger partial charge on any atom is -0.396 e. The van der Waals surface area contributed by atoms with E-state index in [1.807, 2.05) is 6.92 Å². The van der Waals surface area contributed by atoms with E-state index in [0.29, 0.717) is 25.5 Å². The van der Waals surface area contributed by atoms with Crippen LogP contribution in [0.15, 0.2) is 12.1 Å². The van der Waals surface area contributed by atoms with Crippen LogP contribution in [0.5, 0.6) is 0 Å². The molecule has 114 valence electrons. The Bertz CT molecular complexity index is 579. The van der Waals surface area contributed by atoms with Crippen LogP contribution >= 0.6 is 0 Å². The predicted molar refractivity (Wildman–Crippen MR) is 73.4 cm³/mol. The second-order valence-corrected chi connectivity index (χ2v) is 5.02. The first-order valence-corrected chi connectivity index (χ1v) is 6.54. The molecule has 1 amide bonds. The smallest absolute Gasteiger partial charge is 0.285 e. The summed E-state index contributed by atoms with van der Waals surface area (Å²) in [4.78, 5) is 22.3. The number of ether oxygens (including phenoxy) is 1. The van der Waals surface area contributed by atoms with Gasteiger partial charge in [0, 0.05) is 12.6 Å². The zero-order chi connectivity index (χ0) is 15.6. The van der Waals surface area contributed by atoms with E-state index in [2.05, 4.69) is 5.32 Å². The number of nitro groups is 1. The van der Waals surface area contributed by atoms with E-state index in [4.69, 9.17) is 10.5 Å². The van der Waals surface area contributed by atoms with E-state index in [1.54, 1.807) is 0 Å². The molecule has 0 radical (unpaired) electrons. The maximum atomic E-state index is 13.3. The Morgan fingerprint density at radius 2 is 2.29 bits per heavy atom. The zero-order valence-electron chi connectivity index (χ0n) is 11.5. The number of amides is 1. The number of halogens is 1. The fourth-order valence-electron chi connectivity index (χ4n) is 2.30. The lowest BCUT2D eigenvalue weighted by Gasteiger charge is -2.27. The van der Waals surface area contributed by atoms with Gasteiger partial charge in [0.25, 0.3) is 11.6 Å². The highest BCUT2D eigenvalue weighted by Crippen LogP contribution is 2.25. The third-order valence-corrected chi connectivity index (χ3v) is 3.38. The summed E-state index contributed by atoms with van der Waals surface area (Å²) in [6.45, 7) is 2.40. The number of carbonyl (C=O) groups is 1. The van der Waals surface area contributed by atoms with Crippen molar-refractivity contribution >= 4 is 17.3 Å². The first-order valence-electron chi connectivity index (χ1n) is 6.54. The molecule has 21 heavy (non-hydrogen) atoms. The molecule has 7 nitrogen and oxygen atoms in total. The third-order valence-electron chi connectivity index (χ3n) is 3.38. The van der Waals surface area contributed by atoms with E-state index in [-0.39, 0.29) is 23.4 Å². The molecular formula is C13H16FN3O4. The van der Waals surface area contributed by atoms with E-state index in [9.17, 15) is 19.3 Å². The van der Waals surface area contributed by atoms with Crippen LogP contribution in [0, 0.1) is 15.9 Å². The van der Waals surface area contributed by atoms with Crippen molar-refractivity contribution in [1.82, 2.24) is 5.32 Å². The molecule has 2 unspecified atom stereocenters.